The van der Waals surface area contributed by atoms with Crippen molar-refractivity contribution in [1.29, 1.82) is 0 Å². The first-order valence-corrected chi connectivity index (χ1v) is 5.95. The van der Waals surface area contributed by atoms with Crippen molar-refractivity contribution >= 4 is 15.7 Å². The Morgan fingerprint density at radius 3 is 2.62 bits per heavy atom. The summed E-state index contributed by atoms with van der Waals surface area (Å²) in [4.78, 5) is 11.4. The maximum atomic E-state index is 11.7. The van der Waals surface area contributed by atoms with E-state index in [1.807, 2.05) is 0 Å². The smallest absolute Gasteiger partial charge is 0.242 e. The number of carbonyl (C=O) groups is 1. The second-order valence-electron chi connectivity index (χ2n) is 3.50. The Labute approximate surface area is 76.8 Å². The van der Waals surface area contributed by atoms with Crippen molar-refractivity contribution < 1.29 is 13.2 Å². The molecule has 2 aliphatic rings. The highest BCUT2D eigenvalue weighted by Gasteiger charge is 2.54. The van der Waals surface area contributed by atoms with Crippen LogP contribution in [0.2, 0.25) is 0 Å². The minimum absolute atomic E-state index is 0.0699. The summed E-state index contributed by atoms with van der Waals surface area (Å²) in [6.45, 7) is 1.19. The molecule has 0 saturated carbocycles. The number of carbonyl (C=O) groups excluding carboxylic acids is 1. The summed E-state index contributed by atoms with van der Waals surface area (Å²) in [5.41, 5.74) is 0. The van der Waals surface area contributed by atoms with E-state index in [9.17, 15) is 13.2 Å². The molecule has 1 spiro atoms. The molecule has 74 valence electrons. The number of amides is 1. The van der Waals surface area contributed by atoms with E-state index in [4.69, 9.17) is 0 Å². The van der Waals surface area contributed by atoms with E-state index in [-0.39, 0.29) is 18.2 Å². The van der Waals surface area contributed by atoms with Gasteiger partial charge in [-0.05, 0) is 6.42 Å². The molecule has 0 radical (unpaired) electrons. The van der Waals surface area contributed by atoms with Gasteiger partial charge in [-0.15, -0.1) is 0 Å². The number of sulfone groups is 1. The maximum Gasteiger partial charge on any atom is 0.242 e. The van der Waals surface area contributed by atoms with E-state index < -0.39 is 14.6 Å². The molecular formula is C7H12N2O3S. The van der Waals surface area contributed by atoms with Crippen LogP contribution in [0.25, 0.3) is 0 Å². The predicted molar refractivity (Wildman–Crippen MR) is 47.0 cm³/mol. The third-order valence-corrected chi connectivity index (χ3v) is 5.25. The van der Waals surface area contributed by atoms with Gasteiger partial charge in [0, 0.05) is 19.6 Å². The van der Waals surface area contributed by atoms with Crippen molar-refractivity contribution in [3.63, 3.8) is 0 Å². The molecule has 2 saturated heterocycles. The Morgan fingerprint density at radius 2 is 2.08 bits per heavy atom. The number of hydrogen-bond donors (Lipinski definition) is 2. The molecule has 2 aliphatic heterocycles. The van der Waals surface area contributed by atoms with Gasteiger partial charge < -0.3 is 10.6 Å². The van der Waals surface area contributed by atoms with Gasteiger partial charge in [0.05, 0.1) is 5.75 Å². The molecule has 0 aromatic carbocycles. The summed E-state index contributed by atoms with van der Waals surface area (Å²) < 4.78 is 22.3. The van der Waals surface area contributed by atoms with Crippen LogP contribution in [-0.4, -0.2) is 44.5 Å². The van der Waals surface area contributed by atoms with E-state index in [1.54, 1.807) is 0 Å². The average Bonchev–Trinajstić information content (AvgIpc) is 2.41. The highest BCUT2D eigenvalue weighted by molar-refractivity contribution is 7.93. The molecular weight excluding hydrogens is 192 g/mol. The van der Waals surface area contributed by atoms with Gasteiger partial charge in [0.2, 0.25) is 5.91 Å². The van der Waals surface area contributed by atoms with E-state index in [2.05, 4.69) is 10.6 Å². The molecule has 2 rings (SSSR count). The molecule has 2 N–H and O–H groups in total. The van der Waals surface area contributed by atoms with Gasteiger partial charge in [-0.25, -0.2) is 8.42 Å². The van der Waals surface area contributed by atoms with Crippen molar-refractivity contribution in [3.05, 3.63) is 0 Å². The lowest BCUT2D eigenvalue weighted by molar-refractivity contribution is -0.121. The van der Waals surface area contributed by atoms with Crippen molar-refractivity contribution in [1.82, 2.24) is 10.6 Å². The molecule has 5 nitrogen and oxygen atoms in total. The summed E-state index contributed by atoms with van der Waals surface area (Å²) in [7, 11) is -3.25. The number of nitrogens with one attached hydrogen (secondary N) is 2. The van der Waals surface area contributed by atoms with Gasteiger partial charge in [-0.3, -0.25) is 4.79 Å². The monoisotopic (exact) mass is 204 g/mol. The molecule has 2 heterocycles. The molecule has 0 bridgehead atoms. The first kappa shape index (κ1) is 8.96. The quantitative estimate of drug-likeness (QED) is 0.491. The van der Waals surface area contributed by atoms with Crippen LogP contribution in [0.15, 0.2) is 0 Å². The Kier molecular flexibility index (Phi) is 1.85. The lowest BCUT2D eigenvalue weighted by Gasteiger charge is -2.30. The minimum Gasteiger partial charge on any atom is -0.355 e. The Morgan fingerprint density at radius 1 is 1.31 bits per heavy atom. The molecule has 2 fully saturated rings. The van der Waals surface area contributed by atoms with Gasteiger partial charge in [0.1, 0.15) is 0 Å². The lowest BCUT2D eigenvalue weighted by atomic mass is 10.1. The van der Waals surface area contributed by atoms with E-state index in [0.29, 0.717) is 19.5 Å². The maximum absolute atomic E-state index is 11.7. The zero-order valence-electron chi connectivity index (χ0n) is 7.17. The normalized spacial score (nSPS) is 37.7. The molecule has 1 unspecified atom stereocenters. The highest BCUT2D eigenvalue weighted by Crippen LogP contribution is 2.28. The van der Waals surface area contributed by atoms with Gasteiger partial charge in [0.15, 0.2) is 14.6 Å². The zero-order chi connectivity index (χ0) is 9.53. The van der Waals surface area contributed by atoms with Crippen LogP contribution >= 0.6 is 0 Å². The van der Waals surface area contributed by atoms with Crippen LogP contribution in [0.3, 0.4) is 0 Å². The predicted octanol–water partition coefficient (Wildman–Crippen LogP) is -1.74. The number of hydrogen-bond acceptors (Lipinski definition) is 4. The Hall–Kier alpha value is -0.620. The second-order valence-corrected chi connectivity index (χ2v) is 5.92. The fraction of sp³-hybridized carbons (Fsp3) is 0.857. The van der Waals surface area contributed by atoms with Crippen LogP contribution in [0.4, 0.5) is 0 Å². The molecule has 6 heteroatoms. The first-order chi connectivity index (χ1) is 6.08. The standard InChI is InChI=1S/C7H12N2O3S/c10-6-7(1-2-9-6)5-8-3-4-13(7,11)12/h8H,1-5H2,(H,9,10). The van der Waals surface area contributed by atoms with Gasteiger partial charge in [0.25, 0.3) is 0 Å². The van der Waals surface area contributed by atoms with Crippen molar-refractivity contribution in [2.24, 2.45) is 0 Å². The third-order valence-electron chi connectivity index (χ3n) is 2.78. The third kappa shape index (κ3) is 1.08. The molecule has 0 aromatic rings. The second kappa shape index (κ2) is 2.68. The molecule has 13 heavy (non-hydrogen) atoms. The van der Waals surface area contributed by atoms with Crippen LogP contribution in [0, 0.1) is 0 Å². The summed E-state index contributed by atoms with van der Waals surface area (Å²) in [6, 6.07) is 0. The molecule has 1 amide bonds. The largest absolute Gasteiger partial charge is 0.355 e. The Balaban J connectivity index is 2.44. The van der Waals surface area contributed by atoms with Crippen LogP contribution in [-0.2, 0) is 14.6 Å². The molecule has 0 aromatic heterocycles. The number of rotatable bonds is 0. The van der Waals surface area contributed by atoms with Gasteiger partial charge in [-0.1, -0.05) is 0 Å². The van der Waals surface area contributed by atoms with E-state index in [0.717, 1.165) is 0 Å². The first-order valence-electron chi connectivity index (χ1n) is 4.30. The summed E-state index contributed by atoms with van der Waals surface area (Å²) in [5.74, 6) is -0.264. The Bertz CT molecular complexity index is 338. The van der Waals surface area contributed by atoms with E-state index in [1.165, 1.54) is 0 Å². The fourth-order valence-electron chi connectivity index (χ4n) is 1.92. The minimum atomic E-state index is -3.25. The van der Waals surface area contributed by atoms with Gasteiger partial charge in [-0.2, -0.15) is 0 Å². The summed E-state index contributed by atoms with van der Waals surface area (Å²) >= 11 is 0. The van der Waals surface area contributed by atoms with E-state index >= 15 is 0 Å². The zero-order valence-corrected chi connectivity index (χ0v) is 7.99. The fourth-order valence-corrected chi connectivity index (χ4v) is 3.81. The molecule has 1 atom stereocenters. The average molecular weight is 204 g/mol. The topological polar surface area (TPSA) is 75.3 Å². The molecule has 0 aliphatic carbocycles. The summed E-state index contributed by atoms with van der Waals surface area (Å²) in [5, 5.41) is 5.54. The SMILES string of the molecule is O=C1NCCC12CNCCS2(=O)=O. The van der Waals surface area contributed by atoms with Crippen LogP contribution < -0.4 is 10.6 Å². The van der Waals surface area contributed by atoms with Crippen LogP contribution in [0.1, 0.15) is 6.42 Å². The van der Waals surface area contributed by atoms with Crippen LogP contribution in [0.5, 0.6) is 0 Å². The van der Waals surface area contributed by atoms with Crippen molar-refractivity contribution in [2.75, 3.05) is 25.4 Å². The van der Waals surface area contributed by atoms with Crippen molar-refractivity contribution in [3.8, 4) is 0 Å². The summed E-state index contributed by atoms with van der Waals surface area (Å²) in [6.07, 6.45) is 0.404. The van der Waals surface area contributed by atoms with Crippen molar-refractivity contribution in [2.45, 2.75) is 11.2 Å². The lowest BCUT2D eigenvalue weighted by Crippen LogP contribution is -2.58. The van der Waals surface area contributed by atoms with Gasteiger partial charge >= 0.3 is 0 Å². The highest BCUT2D eigenvalue weighted by atomic mass is 32.2.